The monoisotopic (exact) mass is 385 g/mol. The summed E-state index contributed by atoms with van der Waals surface area (Å²) >= 11 is 0. The fourth-order valence-electron chi connectivity index (χ4n) is 3.42. The number of benzene rings is 1. The first-order chi connectivity index (χ1) is 13.4. The van der Waals surface area contributed by atoms with Gasteiger partial charge in [-0.1, -0.05) is 37.3 Å². The molecule has 28 heavy (non-hydrogen) atoms. The third-order valence-electron chi connectivity index (χ3n) is 4.86. The van der Waals surface area contributed by atoms with Crippen LogP contribution < -0.4 is 15.6 Å². The molecule has 8 heteroatoms. The Kier molecular flexibility index (Phi) is 5.51. The second kappa shape index (κ2) is 7.85. The van der Waals surface area contributed by atoms with Gasteiger partial charge in [-0.05, 0) is 31.0 Å². The van der Waals surface area contributed by atoms with E-state index in [1.54, 1.807) is 12.1 Å². The Morgan fingerprint density at radius 3 is 2.54 bits per heavy atom. The van der Waals surface area contributed by atoms with Crippen molar-refractivity contribution in [3.63, 3.8) is 0 Å². The molecule has 0 radical (unpaired) electrons. The largest absolute Gasteiger partial charge is 0.460 e. The lowest BCUT2D eigenvalue weighted by Crippen LogP contribution is -3.09. The highest BCUT2D eigenvalue weighted by Gasteiger charge is 2.52. The number of nitrogens with zero attached hydrogens (tertiary/aromatic N) is 1. The zero-order valence-electron chi connectivity index (χ0n) is 16.2. The van der Waals surface area contributed by atoms with Gasteiger partial charge in [0.1, 0.15) is 17.8 Å². The smallest absolute Gasteiger partial charge is 0.344 e. The van der Waals surface area contributed by atoms with Crippen molar-refractivity contribution < 1.29 is 23.7 Å². The zero-order valence-corrected chi connectivity index (χ0v) is 16.2. The molecule has 4 amide bonds. The van der Waals surface area contributed by atoms with Crippen molar-refractivity contribution in [2.45, 2.75) is 32.4 Å². The van der Waals surface area contributed by atoms with Crippen molar-refractivity contribution in [3.8, 4) is 0 Å². The first-order valence-corrected chi connectivity index (χ1v) is 9.24. The highest BCUT2D eigenvalue weighted by molar-refractivity contribution is 6.08. The predicted molar refractivity (Wildman–Crippen MR) is 101 cm³/mol. The van der Waals surface area contributed by atoms with Crippen LogP contribution in [0, 0.1) is 6.92 Å². The minimum Gasteiger partial charge on any atom is -0.460 e. The average Bonchev–Trinajstić information content (AvgIpc) is 3.18. The molecule has 1 fully saturated rings. The van der Waals surface area contributed by atoms with E-state index < -0.39 is 23.4 Å². The van der Waals surface area contributed by atoms with Crippen LogP contribution in [0.25, 0.3) is 0 Å². The molecule has 2 heterocycles. The van der Waals surface area contributed by atoms with Crippen LogP contribution in [0.1, 0.15) is 30.4 Å². The van der Waals surface area contributed by atoms with E-state index in [0.717, 1.165) is 21.4 Å². The zero-order chi connectivity index (χ0) is 20.3. The van der Waals surface area contributed by atoms with E-state index in [2.05, 4.69) is 10.7 Å². The highest BCUT2D eigenvalue weighted by atomic mass is 16.3. The number of urea groups is 1. The molecule has 1 aromatic carbocycles. The summed E-state index contributed by atoms with van der Waals surface area (Å²) in [6.07, 6.45) is 0.372. The lowest BCUT2D eigenvalue weighted by Gasteiger charge is -2.25. The van der Waals surface area contributed by atoms with Gasteiger partial charge in [0, 0.05) is 0 Å². The summed E-state index contributed by atoms with van der Waals surface area (Å²) in [6, 6.07) is 12.1. The average molecular weight is 385 g/mol. The standard InChI is InChI=1S/C20H24N4O4/c1-4-20(15-8-6-5-7-9-15)18(26)24(19(27)21-20)22-17(25)13-23(3)12-16-11-10-14(2)28-16/h5-11H,4,12-13H2,1-3H3,(H,21,27)(H,22,25)/p+1/t20-/m0/s1. The minimum absolute atomic E-state index is 0.0846. The molecular weight excluding hydrogens is 360 g/mol. The van der Waals surface area contributed by atoms with Gasteiger partial charge < -0.3 is 14.6 Å². The molecule has 0 saturated carbocycles. The second-order valence-corrected chi connectivity index (χ2v) is 7.05. The first kappa shape index (κ1) is 19.6. The van der Waals surface area contributed by atoms with Gasteiger partial charge in [-0.25, -0.2) is 4.79 Å². The van der Waals surface area contributed by atoms with Gasteiger partial charge in [-0.15, -0.1) is 0 Å². The number of hydrogen-bond acceptors (Lipinski definition) is 4. The van der Waals surface area contributed by atoms with E-state index in [0.29, 0.717) is 18.5 Å². The Labute approximate surface area is 163 Å². The van der Waals surface area contributed by atoms with Gasteiger partial charge in [-0.2, -0.15) is 5.01 Å². The third-order valence-corrected chi connectivity index (χ3v) is 4.86. The van der Waals surface area contributed by atoms with Gasteiger partial charge in [0.2, 0.25) is 0 Å². The summed E-state index contributed by atoms with van der Waals surface area (Å²) in [4.78, 5) is 38.7. The number of carbonyl (C=O) groups is 3. The topological polar surface area (TPSA) is 96.1 Å². The van der Waals surface area contributed by atoms with Crippen LogP contribution in [-0.4, -0.2) is 36.4 Å². The molecule has 1 aromatic heterocycles. The van der Waals surface area contributed by atoms with Crippen LogP contribution in [0.5, 0.6) is 0 Å². The number of quaternary nitrogens is 1. The number of nitrogens with one attached hydrogen (secondary N) is 3. The number of rotatable bonds is 7. The summed E-state index contributed by atoms with van der Waals surface area (Å²) in [5.41, 5.74) is 1.95. The maximum atomic E-state index is 13.0. The number of likely N-dealkylation sites (N-methyl/N-ethyl adjacent to an activating group) is 1. The number of hydrazine groups is 1. The highest BCUT2D eigenvalue weighted by Crippen LogP contribution is 2.31. The van der Waals surface area contributed by atoms with Crippen molar-refractivity contribution in [3.05, 3.63) is 59.5 Å². The lowest BCUT2D eigenvalue weighted by molar-refractivity contribution is -0.886. The number of imide groups is 1. The molecule has 2 atom stereocenters. The summed E-state index contributed by atoms with van der Waals surface area (Å²) in [5, 5.41) is 3.52. The van der Waals surface area contributed by atoms with E-state index >= 15 is 0 Å². The molecule has 148 valence electrons. The maximum Gasteiger partial charge on any atom is 0.344 e. The van der Waals surface area contributed by atoms with Crippen LogP contribution in [0.3, 0.4) is 0 Å². The molecule has 0 aliphatic carbocycles. The van der Waals surface area contributed by atoms with Gasteiger partial charge in [0.05, 0.1) is 7.05 Å². The quantitative estimate of drug-likeness (QED) is 0.605. The van der Waals surface area contributed by atoms with E-state index in [4.69, 9.17) is 4.42 Å². The van der Waals surface area contributed by atoms with Crippen molar-refractivity contribution in [2.24, 2.45) is 0 Å². The molecule has 8 nitrogen and oxygen atoms in total. The third kappa shape index (κ3) is 3.77. The Morgan fingerprint density at radius 1 is 1.21 bits per heavy atom. The summed E-state index contributed by atoms with van der Waals surface area (Å²) in [5.74, 6) is 0.665. The lowest BCUT2D eigenvalue weighted by atomic mass is 9.87. The summed E-state index contributed by atoms with van der Waals surface area (Å²) in [6.45, 7) is 4.28. The molecule has 3 N–H and O–H groups in total. The molecule has 1 unspecified atom stereocenters. The Bertz CT molecular complexity index is 879. The molecule has 1 saturated heterocycles. The van der Waals surface area contributed by atoms with Crippen LogP contribution in [0.4, 0.5) is 4.79 Å². The van der Waals surface area contributed by atoms with Crippen molar-refractivity contribution in [1.82, 2.24) is 15.8 Å². The molecule has 0 spiro atoms. The number of hydrogen-bond donors (Lipinski definition) is 3. The fourth-order valence-corrected chi connectivity index (χ4v) is 3.42. The number of furan rings is 1. The summed E-state index contributed by atoms with van der Waals surface area (Å²) < 4.78 is 5.51. The normalized spacial score (nSPS) is 20.2. The number of carbonyl (C=O) groups excluding carboxylic acids is 3. The van der Waals surface area contributed by atoms with E-state index in [1.807, 2.05) is 51.2 Å². The predicted octanol–water partition coefficient (Wildman–Crippen LogP) is 0.491. The van der Waals surface area contributed by atoms with Crippen LogP contribution in [0.2, 0.25) is 0 Å². The fraction of sp³-hybridized carbons (Fsp3) is 0.350. The Hall–Kier alpha value is -3.13. The van der Waals surface area contributed by atoms with E-state index in [-0.39, 0.29) is 6.54 Å². The molecule has 2 aromatic rings. The van der Waals surface area contributed by atoms with Crippen molar-refractivity contribution in [1.29, 1.82) is 0 Å². The van der Waals surface area contributed by atoms with E-state index in [9.17, 15) is 14.4 Å². The van der Waals surface area contributed by atoms with Crippen LogP contribution >= 0.6 is 0 Å². The van der Waals surface area contributed by atoms with Crippen molar-refractivity contribution >= 4 is 17.8 Å². The second-order valence-electron chi connectivity index (χ2n) is 7.05. The molecule has 1 aliphatic heterocycles. The first-order valence-electron chi connectivity index (χ1n) is 9.24. The van der Waals surface area contributed by atoms with Gasteiger partial charge in [0.15, 0.2) is 12.3 Å². The molecule has 1 aliphatic rings. The van der Waals surface area contributed by atoms with Gasteiger partial charge in [0.25, 0.3) is 11.8 Å². The van der Waals surface area contributed by atoms with Crippen LogP contribution in [-0.2, 0) is 21.7 Å². The van der Waals surface area contributed by atoms with E-state index in [1.165, 1.54) is 0 Å². The molecule has 0 bridgehead atoms. The summed E-state index contributed by atoms with van der Waals surface area (Å²) in [7, 11) is 1.84. The molecular formula is C20H25N4O4+. The van der Waals surface area contributed by atoms with Crippen molar-refractivity contribution in [2.75, 3.05) is 13.6 Å². The minimum atomic E-state index is -1.17. The number of aryl methyl sites for hydroxylation is 1. The van der Waals surface area contributed by atoms with Gasteiger partial charge >= 0.3 is 6.03 Å². The molecule has 3 rings (SSSR count). The van der Waals surface area contributed by atoms with Gasteiger partial charge in [-0.3, -0.25) is 15.0 Å². The van der Waals surface area contributed by atoms with Crippen LogP contribution in [0.15, 0.2) is 46.9 Å². The Morgan fingerprint density at radius 2 is 1.93 bits per heavy atom. The maximum absolute atomic E-state index is 13.0. The Balaban J connectivity index is 1.66. The SMILES string of the molecule is CC[C@@]1(c2ccccc2)NC(=O)N(NC(=O)C[NH+](C)Cc2ccc(C)o2)C1=O. The number of amides is 4.